The molecule has 4 rings (SSSR count). The van der Waals surface area contributed by atoms with Crippen LogP contribution >= 0.6 is 15.9 Å². The lowest BCUT2D eigenvalue weighted by Crippen LogP contribution is -2.26. The summed E-state index contributed by atoms with van der Waals surface area (Å²) >= 11 is 3.25. The molecule has 0 aromatic heterocycles. The van der Waals surface area contributed by atoms with Crippen LogP contribution in [0.5, 0.6) is 0 Å². The van der Waals surface area contributed by atoms with Crippen molar-refractivity contribution in [2.24, 2.45) is 0 Å². The first-order valence-corrected chi connectivity index (χ1v) is 16.6. The van der Waals surface area contributed by atoms with E-state index in [9.17, 15) is 5.11 Å². The summed E-state index contributed by atoms with van der Waals surface area (Å²) in [6.45, 7) is 6.98. The van der Waals surface area contributed by atoms with Crippen LogP contribution in [-0.2, 0) is 23.7 Å². The van der Waals surface area contributed by atoms with Gasteiger partial charge in [-0.1, -0.05) is 65.9 Å². The van der Waals surface area contributed by atoms with Gasteiger partial charge in [0.1, 0.15) is 12.2 Å². The van der Waals surface area contributed by atoms with E-state index in [-0.39, 0.29) is 31.4 Å². The SMILES string of the molecule is C#Cc1ccc([C@@H](CO)OC2CCCCO2)cc1.C#Cc1ccc([C@@H](COCCC)OC2CCCCO2)cc1.CCCBr. The molecule has 7 heteroatoms. The van der Waals surface area contributed by atoms with Gasteiger partial charge in [-0.2, -0.15) is 0 Å². The van der Waals surface area contributed by atoms with Crippen molar-refractivity contribution in [1.29, 1.82) is 0 Å². The Kier molecular flexibility index (Phi) is 20.0. The van der Waals surface area contributed by atoms with Gasteiger partial charge in [0.25, 0.3) is 0 Å². The largest absolute Gasteiger partial charge is 0.393 e. The number of hydrogen-bond donors (Lipinski definition) is 1. The lowest BCUT2D eigenvalue weighted by Gasteiger charge is -2.28. The Bertz CT molecular complexity index is 1050. The summed E-state index contributed by atoms with van der Waals surface area (Å²) in [6.07, 6.45) is 18.5. The first kappa shape index (κ1) is 37.0. The van der Waals surface area contributed by atoms with Crippen molar-refractivity contribution in [2.45, 2.75) is 90.0 Å². The molecule has 2 aromatic carbocycles. The molecule has 2 heterocycles. The molecule has 0 amide bonds. The first-order chi connectivity index (χ1) is 21.1. The van der Waals surface area contributed by atoms with Gasteiger partial charge in [0.05, 0.1) is 13.2 Å². The fourth-order valence-electron chi connectivity index (χ4n) is 4.37. The van der Waals surface area contributed by atoms with E-state index >= 15 is 0 Å². The zero-order chi connectivity index (χ0) is 31.1. The zero-order valence-electron chi connectivity index (χ0n) is 25.8. The lowest BCUT2D eigenvalue weighted by atomic mass is 10.1. The summed E-state index contributed by atoms with van der Waals surface area (Å²) in [6, 6.07) is 15.4. The van der Waals surface area contributed by atoms with E-state index in [1.165, 1.54) is 6.42 Å². The molecule has 1 N–H and O–H groups in total. The standard InChI is InChI=1S/C18H24O3.C15H18O3.C3H7Br/c1-3-12-19-14-17(21-18-7-5-6-13-20-18)16-10-8-15(4-2)9-11-16;1-2-12-6-8-13(9-7-12)14(11-16)18-15-5-3-4-10-17-15;1-2-3-4/h2,8-11,17-18H,3,5-7,12-14H2,1H3;1,6-9,14-16H,3-5,10-11H2;2-3H2,1H3/t17-,18?;14-,15?;/m11./s1. The minimum Gasteiger partial charge on any atom is -0.393 e. The second-order valence-electron chi connectivity index (χ2n) is 10.3. The Hall–Kier alpha value is -2.20. The van der Waals surface area contributed by atoms with Crippen molar-refractivity contribution >= 4 is 15.9 Å². The Balaban J connectivity index is 0.000000269. The van der Waals surface area contributed by atoms with Gasteiger partial charge in [0.15, 0.2) is 12.6 Å². The molecular formula is C36H49BrO6. The van der Waals surface area contributed by atoms with E-state index in [1.54, 1.807) is 0 Å². The number of halogens is 1. The highest BCUT2D eigenvalue weighted by Crippen LogP contribution is 2.25. The minimum atomic E-state index is -0.347. The molecule has 2 aliphatic rings. The van der Waals surface area contributed by atoms with Crippen LogP contribution in [0.4, 0.5) is 0 Å². The van der Waals surface area contributed by atoms with Crippen molar-refractivity contribution in [3.8, 4) is 24.7 Å². The number of hydrogen-bond acceptors (Lipinski definition) is 6. The van der Waals surface area contributed by atoms with Crippen molar-refractivity contribution in [3.05, 3.63) is 70.8 Å². The van der Waals surface area contributed by atoms with Gasteiger partial charge in [0.2, 0.25) is 0 Å². The average Bonchev–Trinajstić information content (AvgIpc) is 3.08. The molecule has 4 atom stereocenters. The van der Waals surface area contributed by atoms with E-state index in [2.05, 4.69) is 41.6 Å². The van der Waals surface area contributed by atoms with Gasteiger partial charge in [-0.25, -0.2) is 0 Å². The summed E-state index contributed by atoms with van der Waals surface area (Å²) in [5.74, 6) is 5.19. The number of terminal acetylenes is 2. The monoisotopic (exact) mass is 656 g/mol. The maximum atomic E-state index is 9.42. The molecule has 0 aliphatic carbocycles. The Morgan fingerprint density at radius 3 is 1.63 bits per heavy atom. The summed E-state index contributed by atoms with van der Waals surface area (Å²) in [4.78, 5) is 0. The second-order valence-corrected chi connectivity index (χ2v) is 11.1. The van der Waals surface area contributed by atoms with Gasteiger partial charge < -0.3 is 28.8 Å². The Morgan fingerprint density at radius 2 is 1.26 bits per heavy atom. The highest BCUT2D eigenvalue weighted by molar-refractivity contribution is 9.09. The summed E-state index contributed by atoms with van der Waals surface area (Å²) in [5.41, 5.74) is 3.70. The van der Waals surface area contributed by atoms with Crippen molar-refractivity contribution in [3.63, 3.8) is 0 Å². The number of aliphatic hydroxyl groups excluding tert-OH is 1. The molecule has 2 saturated heterocycles. The van der Waals surface area contributed by atoms with Crippen LogP contribution < -0.4 is 0 Å². The molecule has 2 unspecified atom stereocenters. The van der Waals surface area contributed by atoms with E-state index in [0.717, 1.165) is 92.4 Å². The minimum absolute atomic E-state index is 0.0603. The molecule has 2 aliphatic heterocycles. The van der Waals surface area contributed by atoms with Gasteiger partial charge in [-0.05, 0) is 86.8 Å². The topological polar surface area (TPSA) is 66.4 Å². The molecule has 2 aromatic rings. The predicted molar refractivity (Wildman–Crippen MR) is 176 cm³/mol. The van der Waals surface area contributed by atoms with Crippen molar-refractivity contribution in [2.75, 3.05) is 38.4 Å². The third-order valence-electron chi connectivity index (χ3n) is 6.78. The number of aliphatic hydroxyl groups is 1. The number of alkyl halides is 1. The van der Waals surface area contributed by atoms with Gasteiger partial charge >= 0.3 is 0 Å². The third-order valence-corrected chi connectivity index (χ3v) is 7.57. The summed E-state index contributed by atoms with van der Waals surface area (Å²) < 4.78 is 28.7. The highest BCUT2D eigenvalue weighted by Gasteiger charge is 2.22. The molecule has 236 valence electrons. The Labute approximate surface area is 267 Å². The van der Waals surface area contributed by atoms with Gasteiger partial charge in [-0.3, -0.25) is 0 Å². The van der Waals surface area contributed by atoms with Crippen LogP contribution in [0.3, 0.4) is 0 Å². The van der Waals surface area contributed by atoms with E-state index < -0.39 is 0 Å². The van der Waals surface area contributed by atoms with E-state index in [4.69, 9.17) is 36.5 Å². The van der Waals surface area contributed by atoms with Crippen molar-refractivity contribution in [1.82, 2.24) is 0 Å². The van der Waals surface area contributed by atoms with Crippen LogP contribution in [0.15, 0.2) is 48.5 Å². The predicted octanol–water partition coefficient (Wildman–Crippen LogP) is 7.71. The summed E-state index contributed by atoms with van der Waals surface area (Å²) in [7, 11) is 0. The molecule has 0 bridgehead atoms. The second kappa shape index (κ2) is 23.2. The van der Waals surface area contributed by atoms with Gasteiger partial charge in [-0.15, -0.1) is 12.8 Å². The van der Waals surface area contributed by atoms with E-state index in [1.807, 2.05) is 48.5 Å². The number of ether oxygens (including phenoxy) is 5. The number of rotatable bonds is 12. The number of benzene rings is 2. The van der Waals surface area contributed by atoms with Crippen LogP contribution in [0.25, 0.3) is 0 Å². The van der Waals surface area contributed by atoms with Crippen LogP contribution in [0.2, 0.25) is 0 Å². The normalized spacial score (nSPS) is 19.3. The van der Waals surface area contributed by atoms with E-state index in [0.29, 0.717) is 6.61 Å². The molecule has 43 heavy (non-hydrogen) atoms. The average molecular weight is 658 g/mol. The lowest BCUT2D eigenvalue weighted by molar-refractivity contribution is -0.200. The van der Waals surface area contributed by atoms with Crippen LogP contribution in [-0.4, -0.2) is 56.1 Å². The highest BCUT2D eigenvalue weighted by atomic mass is 79.9. The maximum Gasteiger partial charge on any atom is 0.158 e. The van der Waals surface area contributed by atoms with Crippen LogP contribution in [0, 0.1) is 24.7 Å². The maximum absolute atomic E-state index is 9.42. The van der Waals surface area contributed by atoms with Crippen molar-refractivity contribution < 1.29 is 28.8 Å². The molecule has 0 saturated carbocycles. The third kappa shape index (κ3) is 14.9. The molecular weight excluding hydrogens is 608 g/mol. The molecule has 0 spiro atoms. The van der Waals surface area contributed by atoms with Crippen LogP contribution in [0.1, 0.15) is 99.7 Å². The molecule has 2 fully saturated rings. The zero-order valence-corrected chi connectivity index (χ0v) is 27.4. The molecule has 6 nitrogen and oxygen atoms in total. The fourth-order valence-corrected chi connectivity index (χ4v) is 4.37. The Morgan fingerprint density at radius 1 is 0.791 bits per heavy atom. The first-order valence-electron chi connectivity index (χ1n) is 15.5. The van der Waals surface area contributed by atoms with Gasteiger partial charge in [0, 0.05) is 36.3 Å². The summed E-state index contributed by atoms with van der Waals surface area (Å²) in [5, 5.41) is 10.5. The smallest absolute Gasteiger partial charge is 0.158 e. The molecule has 0 radical (unpaired) electrons. The fraction of sp³-hybridized carbons (Fsp3) is 0.556. The quantitative estimate of drug-likeness (QED) is 0.143.